The summed E-state index contributed by atoms with van der Waals surface area (Å²) in [6.45, 7) is 1.81. The fourth-order valence-electron chi connectivity index (χ4n) is 3.34. The van der Waals surface area contributed by atoms with Gasteiger partial charge in [0, 0.05) is 39.8 Å². The van der Waals surface area contributed by atoms with Crippen LogP contribution in [0.3, 0.4) is 0 Å². The van der Waals surface area contributed by atoms with Crippen LogP contribution in [-0.4, -0.2) is 10.9 Å². The van der Waals surface area contributed by atoms with Crippen LogP contribution in [0.25, 0.3) is 10.9 Å². The molecule has 4 N–H and O–H groups in total. The van der Waals surface area contributed by atoms with E-state index in [1.54, 1.807) is 6.07 Å². The number of nitrogens with one attached hydrogen (secondary N) is 2. The van der Waals surface area contributed by atoms with Gasteiger partial charge in [-0.2, -0.15) is 0 Å². The third kappa shape index (κ3) is 4.31. The Morgan fingerprint density at radius 2 is 1.94 bits per heavy atom. The summed E-state index contributed by atoms with van der Waals surface area (Å²) < 4.78 is 20.7. The third-order valence-corrected chi connectivity index (χ3v) is 5.39. The van der Waals surface area contributed by atoms with E-state index >= 15 is 4.39 Å². The minimum Gasteiger partial charge on any atom is -0.453 e. The van der Waals surface area contributed by atoms with E-state index in [1.165, 1.54) is 24.3 Å². The predicted molar refractivity (Wildman–Crippen MR) is 122 cm³/mol. The molecule has 0 aliphatic rings. The number of aromatic amines is 1. The molecule has 4 rings (SSSR count). The molecule has 0 aliphatic carbocycles. The van der Waals surface area contributed by atoms with Crippen LogP contribution >= 0.6 is 23.2 Å². The number of carbonyl (C=O) groups excluding carboxylic acids is 1. The molecule has 4 aromatic rings. The van der Waals surface area contributed by atoms with E-state index < -0.39 is 5.82 Å². The Kier molecular flexibility index (Phi) is 5.76. The van der Waals surface area contributed by atoms with Crippen molar-refractivity contribution in [2.75, 3.05) is 5.73 Å². The topological polar surface area (TPSA) is 80.1 Å². The average molecular weight is 458 g/mol. The van der Waals surface area contributed by atoms with E-state index in [0.717, 1.165) is 16.5 Å². The first kappa shape index (κ1) is 21.0. The highest BCUT2D eigenvalue weighted by molar-refractivity contribution is 6.32. The van der Waals surface area contributed by atoms with Crippen molar-refractivity contribution in [2.45, 2.75) is 13.5 Å². The second-order valence-corrected chi connectivity index (χ2v) is 7.87. The Morgan fingerprint density at radius 1 is 1.16 bits per heavy atom. The second-order valence-electron chi connectivity index (χ2n) is 7.03. The summed E-state index contributed by atoms with van der Waals surface area (Å²) in [6, 6.07) is 15.2. The van der Waals surface area contributed by atoms with Gasteiger partial charge in [0.1, 0.15) is 11.4 Å². The van der Waals surface area contributed by atoms with Crippen LogP contribution in [0.2, 0.25) is 10.0 Å². The number of amides is 1. The Labute approximate surface area is 187 Å². The average Bonchev–Trinajstić information content (AvgIpc) is 3.06. The van der Waals surface area contributed by atoms with E-state index in [4.69, 9.17) is 33.7 Å². The molecule has 0 unspecified atom stereocenters. The van der Waals surface area contributed by atoms with Crippen molar-refractivity contribution in [3.8, 4) is 11.5 Å². The Morgan fingerprint density at radius 3 is 2.68 bits per heavy atom. The van der Waals surface area contributed by atoms with Gasteiger partial charge in [0.05, 0.1) is 5.02 Å². The molecule has 0 saturated heterocycles. The molecule has 0 radical (unpaired) electrons. The minimum atomic E-state index is -0.681. The van der Waals surface area contributed by atoms with Crippen molar-refractivity contribution in [3.63, 3.8) is 0 Å². The number of halogens is 3. The van der Waals surface area contributed by atoms with Gasteiger partial charge in [-0.15, -0.1) is 0 Å². The molecule has 8 heteroatoms. The zero-order valence-electron chi connectivity index (χ0n) is 16.4. The van der Waals surface area contributed by atoms with Crippen molar-refractivity contribution in [1.82, 2.24) is 10.3 Å². The number of nitrogens with two attached hydrogens (primary N) is 1. The molecule has 158 valence electrons. The summed E-state index contributed by atoms with van der Waals surface area (Å²) >= 11 is 12.1. The van der Waals surface area contributed by atoms with Gasteiger partial charge in [-0.3, -0.25) is 4.79 Å². The number of hydrogen-bond acceptors (Lipinski definition) is 3. The molecule has 0 saturated carbocycles. The predicted octanol–water partition coefficient (Wildman–Crippen LogP) is 6.23. The van der Waals surface area contributed by atoms with Crippen LogP contribution in [0.15, 0.2) is 54.6 Å². The van der Waals surface area contributed by atoms with E-state index in [1.807, 2.05) is 31.2 Å². The highest BCUT2D eigenvalue weighted by Crippen LogP contribution is 2.35. The van der Waals surface area contributed by atoms with Crippen LogP contribution < -0.4 is 15.8 Å². The van der Waals surface area contributed by atoms with E-state index in [2.05, 4.69) is 10.3 Å². The van der Waals surface area contributed by atoms with Gasteiger partial charge >= 0.3 is 0 Å². The summed E-state index contributed by atoms with van der Waals surface area (Å²) in [5.74, 6) is -0.939. The maximum Gasteiger partial charge on any atom is 0.268 e. The van der Waals surface area contributed by atoms with Crippen molar-refractivity contribution in [2.24, 2.45) is 0 Å². The molecule has 0 spiro atoms. The second kappa shape index (κ2) is 8.49. The number of carbonyl (C=O) groups is 1. The highest BCUT2D eigenvalue weighted by Gasteiger charge is 2.18. The Hall–Kier alpha value is -3.22. The zero-order valence-corrected chi connectivity index (χ0v) is 17.9. The first-order valence-electron chi connectivity index (χ1n) is 9.40. The van der Waals surface area contributed by atoms with E-state index in [9.17, 15) is 4.79 Å². The van der Waals surface area contributed by atoms with Gasteiger partial charge in [0.2, 0.25) is 0 Å². The number of H-pyrrole nitrogens is 1. The lowest BCUT2D eigenvalue weighted by atomic mass is 10.1. The maximum atomic E-state index is 15.1. The van der Waals surface area contributed by atoms with Crippen molar-refractivity contribution in [1.29, 1.82) is 0 Å². The fraction of sp³-hybridized carbons (Fsp3) is 0.0870. The van der Waals surface area contributed by atoms with Crippen LogP contribution in [0, 0.1) is 12.7 Å². The SMILES string of the molecule is Cc1c(C(=O)NCc2ccc(Cl)c(Oc3cc(N)cc(Cl)c3)c2F)[nH]c2ccccc12. The molecule has 0 atom stereocenters. The monoisotopic (exact) mass is 457 g/mol. The normalized spacial score (nSPS) is 11.0. The van der Waals surface area contributed by atoms with Crippen molar-refractivity contribution in [3.05, 3.63) is 87.3 Å². The summed E-state index contributed by atoms with van der Waals surface area (Å²) in [5.41, 5.74) is 8.46. The molecule has 5 nitrogen and oxygen atoms in total. The molecule has 1 amide bonds. The smallest absolute Gasteiger partial charge is 0.268 e. The number of rotatable bonds is 5. The number of nitrogen functional groups attached to an aromatic ring is 1. The molecule has 3 aromatic carbocycles. The maximum absolute atomic E-state index is 15.1. The molecule has 0 fully saturated rings. The lowest BCUT2D eigenvalue weighted by Crippen LogP contribution is -2.24. The number of ether oxygens (including phenoxy) is 1. The van der Waals surface area contributed by atoms with E-state index in [-0.39, 0.29) is 34.5 Å². The first-order chi connectivity index (χ1) is 14.8. The zero-order chi connectivity index (χ0) is 22.1. The van der Waals surface area contributed by atoms with Crippen molar-refractivity contribution >= 4 is 45.7 Å². The number of hydrogen-bond donors (Lipinski definition) is 3. The summed E-state index contributed by atoms with van der Waals surface area (Å²) in [5, 5.41) is 4.13. The number of fused-ring (bicyclic) bond motifs is 1. The number of benzene rings is 3. The molecule has 1 aromatic heterocycles. The van der Waals surface area contributed by atoms with E-state index in [0.29, 0.717) is 16.4 Å². The molecule has 1 heterocycles. The standard InChI is InChI=1S/C23H18Cl2FN3O2/c1-12-17-4-2-3-5-19(17)29-21(12)23(30)28-11-13-6-7-18(25)22(20(13)26)31-16-9-14(24)8-15(27)10-16/h2-10,29H,11,27H2,1H3,(H,28,30). The lowest BCUT2D eigenvalue weighted by Gasteiger charge is -2.13. The third-order valence-electron chi connectivity index (χ3n) is 4.87. The van der Waals surface area contributed by atoms with Gasteiger partial charge in [-0.25, -0.2) is 4.39 Å². The number of aromatic nitrogens is 1. The summed E-state index contributed by atoms with van der Waals surface area (Å²) in [7, 11) is 0. The fourth-order valence-corrected chi connectivity index (χ4v) is 3.76. The van der Waals surface area contributed by atoms with Crippen LogP contribution in [0.4, 0.5) is 10.1 Å². The lowest BCUT2D eigenvalue weighted by molar-refractivity contribution is 0.0945. The summed E-state index contributed by atoms with van der Waals surface area (Å²) in [4.78, 5) is 15.8. The van der Waals surface area contributed by atoms with Crippen LogP contribution in [0.5, 0.6) is 11.5 Å². The Balaban J connectivity index is 1.55. The summed E-state index contributed by atoms with van der Waals surface area (Å²) in [6.07, 6.45) is 0. The molecular formula is C23H18Cl2FN3O2. The van der Waals surface area contributed by atoms with Gasteiger partial charge in [-0.05, 0) is 36.8 Å². The molecule has 31 heavy (non-hydrogen) atoms. The van der Waals surface area contributed by atoms with Gasteiger partial charge in [-0.1, -0.05) is 47.5 Å². The van der Waals surface area contributed by atoms with Gasteiger partial charge in [0.15, 0.2) is 11.6 Å². The number of aryl methyl sites for hydroxylation is 1. The highest BCUT2D eigenvalue weighted by atomic mass is 35.5. The first-order valence-corrected chi connectivity index (χ1v) is 10.2. The minimum absolute atomic E-state index is 0.0509. The Bertz CT molecular complexity index is 1280. The molecule has 0 aliphatic heterocycles. The number of para-hydroxylation sites is 1. The van der Waals surface area contributed by atoms with Crippen LogP contribution in [-0.2, 0) is 6.54 Å². The largest absolute Gasteiger partial charge is 0.453 e. The molecular weight excluding hydrogens is 440 g/mol. The molecule has 0 bridgehead atoms. The quantitative estimate of drug-likeness (QED) is 0.311. The van der Waals surface area contributed by atoms with Crippen molar-refractivity contribution < 1.29 is 13.9 Å². The van der Waals surface area contributed by atoms with Crippen LogP contribution in [0.1, 0.15) is 21.6 Å². The number of anilines is 1. The van der Waals surface area contributed by atoms with Gasteiger partial charge < -0.3 is 20.8 Å². The van der Waals surface area contributed by atoms with Gasteiger partial charge in [0.25, 0.3) is 5.91 Å².